The number of hydrogen-bond acceptors (Lipinski definition) is 2. The first kappa shape index (κ1) is 18.0. The summed E-state index contributed by atoms with van der Waals surface area (Å²) < 4.78 is 5.31. The van der Waals surface area contributed by atoms with Gasteiger partial charge < -0.3 is 4.74 Å². The van der Waals surface area contributed by atoms with Crippen LogP contribution < -0.4 is 0 Å². The van der Waals surface area contributed by atoms with Crippen molar-refractivity contribution < 1.29 is 9.53 Å². The normalized spacial score (nSPS) is 23.7. The molecule has 1 saturated heterocycles. The van der Waals surface area contributed by atoms with Gasteiger partial charge >= 0.3 is 0 Å². The molecule has 132 valence electrons. The Morgan fingerprint density at radius 2 is 1.71 bits per heavy atom. The van der Waals surface area contributed by atoms with Crippen molar-refractivity contribution in [3.63, 3.8) is 0 Å². The summed E-state index contributed by atoms with van der Waals surface area (Å²) in [6, 6.07) is 8.56. The fraction of sp³-hybridized carbons (Fsp3) is 0.667. The van der Waals surface area contributed by atoms with Crippen LogP contribution >= 0.6 is 0 Å². The predicted molar refractivity (Wildman–Crippen MR) is 103 cm³/mol. The molecule has 1 unspecified atom stereocenters. The van der Waals surface area contributed by atoms with E-state index in [0.717, 1.165) is 36.7 Å². The number of ketones is 1. The van der Waals surface area contributed by atoms with Crippen molar-refractivity contribution in [3.8, 4) is 0 Å². The Balaban J connectivity index is 1.71. The summed E-state index contributed by atoms with van der Waals surface area (Å²) in [5.74, 6) is 3.16. The number of carbonyl (C=O) groups is 1. The third-order valence-electron chi connectivity index (χ3n) is 5.67. The van der Waals surface area contributed by atoms with Crippen molar-refractivity contribution in [2.24, 2.45) is 0 Å². The molecule has 3 heteroatoms. The lowest BCUT2D eigenvalue weighted by atomic mass is 9.83. The van der Waals surface area contributed by atoms with E-state index in [1.165, 1.54) is 37.7 Å². The van der Waals surface area contributed by atoms with Crippen LogP contribution in [0, 0.1) is 0 Å². The molecule has 1 saturated carbocycles. The van der Waals surface area contributed by atoms with Crippen molar-refractivity contribution in [2.45, 2.75) is 63.0 Å². The summed E-state index contributed by atoms with van der Waals surface area (Å²) in [5, 5.41) is 0. The lowest BCUT2D eigenvalue weighted by Crippen LogP contribution is -2.44. The van der Waals surface area contributed by atoms with E-state index in [9.17, 15) is 4.79 Å². The maximum Gasteiger partial charge on any atom is 0.217 e. The molecular formula is C21H31O2S+. The predicted octanol–water partition coefficient (Wildman–Crippen LogP) is 4.73. The van der Waals surface area contributed by atoms with E-state index < -0.39 is 0 Å². The molecule has 24 heavy (non-hydrogen) atoms. The zero-order valence-electron chi connectivity index (χ0n) is 15.2. The van der Waals surface area contributed by atoms with Crippen LogP contribution in [0.3, 0.4) is 0 Å². The van der Waals surface area contributed by atoms with Crippen molar-refractivity contribution in [3.05, 3.63) is 35.4 Å². The standard InChI is InChI=1S/C21H31O2S/c1-21(2,24-15-6-13-23-14-16-24)20(22)19-11-9-18(10-12-19)17-7-4-3-5-8-17/h9-12,17H,3-8,13-16H2,1-2H3/q+1. The van der Waals surface area contributed by atoms with E-state index in [0.29, 0.717) is 11.7 Å². The third-order valence-corrected chi connectivity index (χ3v) is 8.74. The van der Waals surface area contributed by atoms with Crippen molar-refractivity contribution in [1.82, 2.24) is 0 Å². The van der Waals surface area contributed by atoms with E-state index in [1.807, 2.05) is 0 Å². The van der Waals surface area contributed by atoms with Crippen LogP contribution in [0.4, 0.5) is 0 Å². The summed E-state index contributed by atoms with van der Waals surface area (Å²) in [6.45, 7) is 5.93. The van der Waals surface area contributed by atoms with Gasteiger partial charge in [0, 0.05) is 22.9 Å². The molecule has 1 aliphatic heterocycles. The Hall–Kier alpha value is -0.800. The van der Waals surface area contributed by atoms with E-state index >= 15 is 0 Å². The van der Waals surface area contributed by atoms with E-state index in [2.05, 4.69) is 38.1 Å². The van der Waals surface area contributed by atoms with Gasteiger partial charge in [-0.15, -0.1) is 0 Å². The van der Waals surface area contributed by atoms with Gasteiger partial charge in [-0.3, -0.25) is 4.79 Å². The van der Waals surface area contributed by atoms with Crippen molar-refractivity contribution in [2.75, 3.05) is 24.7 Å². The lowest BCUT2D eigenvalue weighted by molar-refractivity contribution is 0.0956. The van der Waals surface area contributed by atoms with E-state index in [1.54, 1.807) is 0 Å². The summed E-state index contributed by atoms with van der Waals surface area (Å²) >= 11 is 0. The molecule has 3 rings (SSSR count). The molecule has 1 aliphatic carbocycles. The minimum Gasteiger partial charge on any atom is -0.376 e. The average molecular weight is 348 g/mol. The number of hydrogen-bond donors (Lipinski definition) is 0. The Bertz CT molecular complexity index is 535. The molecule has 2 aliphatic rings. The van der Waals surface area contributed by atoms with Crippen LogP contribution in [-0.2, 0) is 15.6 Å². The van der Waals surface area contributed by atoms with Gasteiger partial charge in [-0.05, 0) is 38.2 Å². The zero-order valence-corrected chi connectivity index (χ0v) is 16.0. The first-order valence-electron chi connectivity index (χ1n) is 9.49. The number of benzene rings is 1. The maximum atomic E-state index is 13.1. The highest BCUT2D eigenvalue weighted by atomic mass is 32.2. The number of carbonyl (C=O) groups excluding carboxylic acids is 1. The summed E-state index contributed by atoms with van der Waals surface area (Å²) in [4.78, 5) is 13.1. The van der Waals surface area contributed by atoms with Gasteiger partial charge in [0.1, 0.15) is 11.5 Å². The van der Waals surface area contributed by atoms with Gasteiger partial charge in [-0.25, -0.2) is 0 Å². The molecule has 0 spiro atoms. The second kappa shape index (κ2) is 8.05. The van der Waals surface area contributed by atoms with Crippen LogP contribution in [-0.4, -0.2) is 35.2 Å². The quantitative estimate of drug-likeness (QED) is 0.581. The smallest absolute Gasteiger partial charge is 0.217 e. The van der Waals surface area contributed by atoms with Crippen molar-refractivity contribution in [1.29, 1.82) is 0 Å². The molecule has 0 aromatic heterocycles. The van der Waals surface area contributed by atoms with Crippen molar-refractivity contribution >= 4 is 16.7 Å². The topological polar surface area (TPSA) is 26.3 Å². The van der Waals surface area contributed by atoms with Crippen LogP contribution in [0.5, 0.6) is 0 Å². The lowest BCUT2D eigenvalue weighted by Gasteiger charge is -2.25. The van der Waals surface area contributed by atoms with Gasteiger partial charge in [0.15, 0.2) is 4.75 Å². The number of ether oxygens (including phenoxy) is 1. The largest absolute Gasteiger partial charge is 0.376 e. The van der Waals surface area contributed by atoms with E-state index in [-0.39, 0.29) is 15.6 Å². The molecule has 2 nitrogen and oxygen atoms in total. The Kier molecular flexibility index (Phi) is 6.04. The molecule has 2 fully saturated rings. The zero-order chi connectivity index (χ0) is 17.0. The van der Waals surface area contributed by atoms with Crippen LogP contribution in [0.2, 0.25) is 0 Å². The van der Waals surface area contributed by atoms with Crippen LogP contribution in [0.15, 0.2) is 24.3 Å². The highest BCUT2D eigenvalue weighted by Crippen LogP contribution is 2.33. The Morgan fingerprint density at radius 3 is 2.42 bits per heavy atom. The second-order valence-electron chi connectivity index (χ2n) is 7.66. The molecule has 1 aromatic rings. The SMILES string of the molecule is CC(C)(C(=O)c1ccc(C2CCCCC2)cc1)[S+]1CCCOCC1. The summed E-state index contributed by atoms with van der Waals surface area (Å²) in [7, 11) is 0.113. The van der Waals surface area contributed by atoms with Gasteiger partial charge in [-0.2, -0.15) is 0 Å². The molecule has 1 atom stereocenters. The molecule has 0 N–H and O–H groups in total. The maximum absolute atomic E-state index is 13.1. The molecular weight excluding hydrogens is 316 g/mol. The summed E-state index contributed by atoms with van der Waals surface area (Å²) in [5.41, 5.74) is 2.31. The fourth-order valence-corrected chi connectivity index (χ4v) is 6.42. The fourth-order valence-electron chi connectivity index (χ4n) is 4.03. The molecule has 1 heterocycles. The molecule has 1 aromatic carbocycles. The van der Waals surface area contributed by atoms with Gasteiger partial charge in [-0.1, -0.05) is 43.5 Å². The Morgan fingerprint density at radius 1 is 1.00 bits per heavy atom. The second-order valence-corrected chi connectivity index (χ2v) is 10.5. The first-order valence-corrected chi connectivity index (χ1v) is 11.1. The van der Waals surface area contributed by atoms with E-state index in [4.69, 9.17) is 4.74 Å². The minimum absolute atomic E-state index is 0.113. The Labute approximate surface area is 149 Å². The highest BCUT2D eigenvalue weighted by Gasteiger charge is 2.45. The van der Waals surface area contributed by atoms with Crippen LogP contribution in [0.1, 0.15) is 74.2 Å². The van der Waals surface area contributed by atoms with Gasteiger partial charge in [0.2, 0.25) is 5.78 Å². The number of rotatable bonds is 4. The summed E-state index contributed by atoms with van der Waals surface area (Å²) in [6.07, 6.45) is 7.78. The minimum atomic E-state index is -0.278. The average Bonchev–Trinajstić information content (AvgIpc) is 2.92. The molecule has 0 radical (unpaired) electrons. The monoisotopic (exact) mass is 347 g/mol. The van der Waals surface area contributed by atoms with Gasteiger partial charge in [0.25, 0.3) is 0 Å². The highest BCUT2D eigenvalue weighted by molar-refractivity contribution is 7.98. The first-order chi connectivity index (χ1) is 11.6. The van der Waals surface area contributed by atoms with Crippen LogP contribution in [0.25, 0.3) is 0 Å². The molecule has 0 amide bonds. The molecule has 0 bridgehead atoms. The number of Topliss-reactive ketones (excluding diaryl/α,β-unsaturated/α-hetero) is 1. The van der Waals surface area contributed by atoms with Gasteiger partial charge in [0.05, 0.1) is 13.2 Å². The third kappa shape index (κ3) is 4.05.